The largest absolute Gasteiger partial charge is 0.348 e. The molecule has 1 aliphatic rings. The van der Waals surface area contributed by atoms with E-state index in [1.54, 1.807) is 42.6 Å². The van der Waals surface area contributed by atoms with Crippen LogP contribution in [0.15, 0.2) is 59.5 Å². The number of nitrogens with zero attached hydrogens (tertiary/aromatic N) is 2. The van der Waals surface area contributed by atoms with Crippen LogP contribution >= 0.6 is 11.6 Å². The lowest BCUT2D eigenvalue weighted by atomic mass is 10.2. The highest BCUT2D eigenvalue weighted by atomic mass is 35.5. The quantitative estimate of drug-likeness (QED) is 0.453. The fourth-order valence-corrected chi connectivity index (χ4v) is 2.09. The molecule has 2 amide bonds. The van der Waals surface area contributed by atoms with E-state index in [1.165, 1.54) is 6.21 Å². The number of benzene rings is 1. The van der Waals surface area contributed by atoms with E-state index >= 15 is 0 Å². The topological polar surface area (TPSA) is 95.5 Å². The zero-order valence-corrected chi connectivity index (χ0v) is 13.0. The average molecular weight is 342 g/mol. The Kier molecular flexibility index (Phi) is 4.53. The Morgan fingerprint density at radius 2 is 2.00 bits per heavy atom. The Morgan fingerprint density at radius 1 is 1.21 bits per heavy atom. The number of amides is 2. The van der Waals surface area contributed by atoms with E-state index < -0.39 is 11.8 Å². The highest BCUT2D eigenvalue weighted by Gasteiger charge is 2.20. The highest BCUT2D eigenvalue weighted by molar-refractivity contribution is 6.30. The number of aromatic nitrogens is 1. The number of fused-ring (bicyclic) bond motifs is 1. The van der Waals surface area contributed by atoms with Gasteiger partial charge in [0.2, 0.25) is 0 Å². The van der Waals surface area contributed by atoms with Crippen LogP contribution in [0.5, 0.6) is 0 Å². The predicted octanol–water partition coefficient (Wildman–Crippen LogP) is 2.13. The molecule has 24 heavy (non-hydrogen) atoms. The number of pyridine rings is 1. The molecule has 0 radical (unpaired) electrons. The Labute approximate surface area is 142 Å². The first-order valence-electron chi connectivity index (χ1n) is 6.95. The van der Waals surface area contributed by atoms with E-state index in [-0.39, 0.29) is 5.70 Å². The fourth-order valence-electron chi connectivity index (χ4n) is 1.97. The van der Waals surface area contributed by atoms with Gasteiger partial charge >= 0.3 is 0 Å². The summed E-state index contributed by atoms with van der Waals surface area (Å²) in [6.07, 6.45) is 4.17. The molecule has 0 saturated heterocycles. The van der Waals surface area contributed by atoms with E-state index in [0.29, 0.717) is 16.5 Å². The molecule has 3 rings (SSSR count). The number of carbonyl (C=O) groups excluding carboxylic acids is 2. The van der Waals surface area contributed by atoms with Crippen molar-refractivity contribution >= 4 is 41.1 Å². The normalized spacial score (nSPS) is 14.9. The molecule has 0 saturated carbocycles. The molecule has 0 aliphatic carbocycles. The Morgan fingerprint density at radius 3 is 2.79 bits per heavy atom. The standard InChI is InChI=1S/C16H12ClN5O2/c17-11-5-3-10(4-6-11)9-19-22-14(23)8-13-16(24)21-15-12(20-13)2-1-7-18-15/h1-9,20H,(H,22,23)(H,18,21,24)/b13-8+,19-9+. The van der Waals surface area contributed by atoms with Crippen molar-refractivity contribution in [3.63, 3.8) is 0 Å². The lowest BCUT2D eigenvalue weighted by Crippen LogP contribution is -2.28. The third kappa shape index (κ3) is 3.76. The zero-order valence-electron chi connectivity index (χ0n) is 12.3. The molecule has 2 heterocycles. The number of hydrazone groups is 1. The minimum atomic E-state index is -0.537. The van der Waals surface area contributed by atoms with Crippen molar-refractivity contribution in [1.82, 2.24) is 10.4 Å². The summed E-state index contributed by atoms with van der Waals surface area (Å²) >= 11 is 5.78. The van der Waals surface area contributed by atoms with E-state index in [0.717, 1.165) is 11.6 Å². The van der Waals surface area contributed by atoms with Gasteiger partial charge < -0.3 is 10.6 Å². The molecule has 3 N–H and O–H groups in total. The Hall–Kier alpha value is -3.19. The van der Waals surface area contributed by atoms with Crippen molar-refractivity contribution < 1.29 is 9.59 Å². The number of hydrogen-bond donors (Lipinski definition) is 3. The van der Waals surface area contributed by atoms with Gasteiger partial charge in [0, 0.05) is 17.3 Å². The SMILES string of the molecule is O=C(/C=C1/Nc2cccnc2NC1=O)N/N=C/c1ccc(Cl)cc1. The molecule has 0 atom stereocenters. The van der Waals surface area contributed by atoms with Crippen LogP contribution in [0.2, 0.25) is 5.02 Å². The summed E-state index contributed by atoms with van der Waals surface area (Å²) in [7, 11) is 0. The maximum Gasteiger partial charge on any atom is 0.273 e. The van der Waals surface area contributed by atoms with Crippen LogP contribution in [0.25, 0.3) is 0 Å². The minimum Gasteiger partial charge on any atom is -0.348 e. The van der Waals surface area contributed by atoms with Crippen LogP contribution in [0.4, 0.5) is 11.5 Å². The van der Waals surface area contributed by atoms with Crippen LogP contribution in [0.3, 0.4) is 0 Å². The second-order valence-corrected chi connectivity index (χ2v) is 5.26. The maximum atomic E-state index is 11.9. The van der Waals surface area contributed by atoms with Crippen molar-refractivity contribution in [1.29, 1.82) is 0 Å². The van der Waals surface area contributed by atoms with Gasteiger partial charge in [-0.15, -0.1) is 0 Å². The summed E-state index contributed by atoms with van der Waals surface area (Å²) in [5.41, 5.74) is 3.82. The van der Waals surface area contributed by atoms with Crippen molar-refractivity contribution in [2.45, 2.75) is 0 Å². The van der Waals surface area contributed by atoms with E-state index in [2.05, 4.69) is 26.1 Å². The second kappa shape index (κ2) is 6.93. The Bertz CT molecular complexity index is 846. The zero-order chi connectivity index (χ0) is 16.9. The van der Waals surface area contributed by atoms with Gasteiger partial charge in [0.15, 0.2) is 5.82 Å². The molecular weight excluding hydrogens is 330 g/mol. The fraction of sp³-hybridized carbons (Fsp3) is 0. The van der Waals surface area contributed by atoms with Crippen molar-refractivity contribution in [2.24, 2.45) is 5.10 Å². The Balaban J connectivity index is 1.64. The average Bonchev–Trinajstić information content (AvgIpc) is 2.57. The highest BCUT2D eigenvalue weighted by Crippen LogP contribution is 2.24. The lowest BCUT2D eigenvalue weighted by molar-refractivity contribution is -0.117. The number of carbonyl (C=O) groups is 2. The molecule has 0 fully saturated rings. The van der Waals surface area contributed by atoms with Gasteiger partial charge in [-0.3, -0.25) is 9.59 Å². The van der Waals surface area contributed by atoms with Gasteiger partial charge in [-0.05, 0) is 29.8 Å². The molecule has 0 spiro atoms. The van der Waals surface area contributed by atoms with Crippen LogP contribution in [0, 0.1) is 0 Å². The number of halogens is 1. The second-order valence-electron chi connectivity index (χ2n) is 4.82. The molecule has 120 valence electrons. The minimum absolute atomic E-state index is 0.106. The summed E-state index contributed by atoms with van der Waals surface area (Å²) < 4.78 is 0. The monoisotopic (exact) mass is 341 g/mol. The first kappa shape index (κ1) is 15.7. The summed E-state index contributed by atoms with van der Waals surface area (Å²) in [4.78, 5) is 27.8. The molecular formula is C16H12ClN5O2. The predicted molar refractivity (Wildman–Crippen MR) is 91.8 cm³/mol. The first-order valence-corrected chi connectivity index (χ1v) is 7.33. The van der Waals surface area contributed by atoms with E-state index in [4.69, 9.17) is 11.6 Å². The van der Waals surface area contributed by atoms with Crippen molar-refractivity contribution in [3.8, 4) is 0 Å². The van der Waals surface area contributed by atoms with Gasteiger partial charge in [0.1, 0.15) is 5.70 Å². The van der Waals surface area contributed by atoms with E-state index in [1.807, 2.05) is 0 Å². The van der Waals surface area contributed by atoms with Gasteiger partial charge in [0.25, 0.3) is 11.8 Å². The number of rotatable bonds is 3. The molecule has 8 heteroatoms. The molecule has 1 aromatic carbocycles. The maximum absolute atomic E-state index is 11.9. The van der Waals surface area contributed by atoms with Crippen molar-refractivity contribution in [3.05, 3.63) is 65.0 Å². The molecule has 0 unspecified atom stereocenters. The molecule has 0 bridgehead atoms. The summed E-state index contributed by atoms with van der Waals surface area (Å²) in [6.45, 7) is 0. The molecule has 7 nitrogen and oxygen atoms in total. The van der Waals surface area contributed by atoms with Crippen LogP contribution < -0.4 is 16.1 Å². The summed E-state index contributed by atoms with van der Waals surface area (Å²) in [6, 6.07) is 10.4. The van der Waals surface area contributed by atoms with Crippen LogP contribution in [-0.2, 0) is 9.59 Å². The van der Waals surface area contributed by atoms with E-state index in [9.17, 15) is 9.59 Å². The molecule has 2 aromatic rings. The smallest absolute Gasteiger partial charge is 0.273 e. The van der Waals surface area contributed by atoms with Gasteiger partial charge in [-0.2, -0.15) is 5.10 Å². The van der Waals surface area contributed by atoms with Gasteiger partial charge in [-0.1, -0.05) is 23.7 Å². The summed E-state index contributed by atoms with van der Waals surface area (Å²) in [5, 5.41) is 9.88. The van der Waals surface area contributed by atoms with Crippen LogP contribution in [-0.4, -0.2) is 23.0 Å². The van der Waals surface area contributed by atoms with Crippen LogP contribution in [0.1, 0.15) is 5.56 Å². The molecule has 1 aromatic heterocycles. The molecule has 1 aliphatic heterocycles. The van der Waals surface area contributed by atoms with Gasteiger partial charge in [0.05, 0.1) is 11.9 Å². The number of nitrogens with one attached hydrogen (secondary N) is 3. The third-order valence-corrected chi connectivity index (χ3v) is 3.34. The van der Waals surface area contributed by atoms with Gasteiger partial charge in [-0.25, -0.2) is 10.4 Å². The number of anilines is 2. The lowest BCUT2D eigenvalue weighted by Gasteiger charge is -2.19. The van der Waals surface area contributed by atoms with Crippen molar-refractivity contribution in [2.75, 3.05) is 10.6 Å². The first-order chi connectivity index (χ1) is 11.6. The number of hydrogen-bond acceptors (Lipinski definition) is 5. The third-order valence-electron chi connectivity index (χ3n) is 3.09. The summed E-state index contributed by atoms with van der Waals surface area (Å²) in [5.74, 6) is -0.566.